The van der Waals surface area contributed by atoms with Crippen molar-refractivity contribution >= 4 is 11.8 Å². The zero-order valence-corrected chi connectivity index (χ0v) is 12.8. The maximum Gasteiger partial charge on any atom is 0.239 e. The van der Waals surface area contributed by atoms with Crippen LogP contribution < -0.4 is 16.4 Å². The Morgan fingerprint density at radius 1 is 1.19 bits per heavy atom. The Morgan fingerprint density at radius 3 is 2.48 bits per heavy atom. The van der Waals surface area contributed by atoms with Gasteiger partial charge in [0.1, 0.15) is 0 Å². The first-order valence-electron chi connectivity index (χ1n) is 7.90. The van der Waals surface area contributed by atoms with E-state index >= 15 is 0 Å². The van der Waals surface area contributed by atoms with Crippen molar-refractivity contribution in [1.29, 1.82) is 0 Å². The third-order valence-corrected chi connectivity index (χ3v) is 4.84. The van der Waals surface area contributed by atoms with E-state index in [-0.39, 0.29) is 30.3 Å². The van der Waals surface area contributed by atoms with Crippen LogP contribution in [-0.4, -0.2) is 44.7 Å². The maximum absolute atomic E-state index is 12.2. The number of hydrogen-bond donors (Lipinski definition) is 3. The molecule has 0 aromatic heterocycles. The minimum Gasteiger partial charge on any atom is -0.383 e. The lowest BCUT2D eigenvalue weighted by Crippen LogP contribution is -2.50. The Kier molecular flexibility index (Phi) is 5.99. The molecule has 0 aromatic rings. The summed E-state index contributed by atoms with van der Waals surface area (Å²) >= 11 is 0. The van der Waals surface area contributed by atoms with E-state index in [9.17, 15) is 9.59 Å². The Bertz CT molecular complexity index is 361. The number of hydrogen-bond acceptors (Lipinski definition) is 4. The van der Waals surface area contributed by atoms with Gasteiger partial charge >= 0.3 is 0 Å². The molecule has 2 unspecified atom stereocenters. The first-order valence-corrected chi connectivity index (χ1v) is 7.90. The van der Waals surface area contributed by atoms with Gasteiger partial charge in [-0.05, 0) is 37.5 Å². The Balaban J connectivity index is 1.72. The third-order valence-electron chi connectivity index (χ3n) is 4.84. The van der Waals surface area contributed by atoms with Crippen LogP contribution in [0, 0.1) is 17.8 Å². The molecule has 4 N–H and O–H groups in total. The number of nitrogens with one attached hydrogen (secondary N) is 2. The molecule has 2 bridgehead atoms. The average molecular weight is 297 g/mol. The SMILES string of the molecule is COCCNC(=O)CNC(=O)C1CC2CCCC(C1)C2N. The summed E-state index contributed by atoms with van der Waals surface area (Å²) in [4.78, 5) is 23.8. The van der Waals surface area contributed by atoms with Crippen molar-refractivity contribution in [3.63, 3.8) is 0 Å². The first-order chi connectivity index (χ1) is 10.1. The highest BCUT2D eigenvalue weighted by atomic mass is 16.5. The van der Waals surface area contributed by atoms with Crippen molar-refractivity contribution in [2.75, 3.05) is 26.8 Å². The van der Waals surface area contributed by atoms with Gasteiger partial charge < -0.3 is 21.1 Å². The van der Waals surface area contributed by atoms with Gasteiger partial charge in [0.05, 0.1) is 13.2 Å². The van der Waals surface area contributed by atoms with Crippen LogP contribution in [0.15, 0.2) is 0 Å². The van der Waals surface area contributed by atoms with Gasteiger partial charge in [-0.25, -0.2) is 0 Å². The second-order valence-electron chi connectivity index (χ2n) is 6.26. The molecule has 2 rings (SSSR count). The molecular weight excluding hydrogens is 270 g/mol. The normalized spacial score (nSPS) is 31.5. The molecule has 0 aliphatic heterocycles. The fourth-order valence-electron chi connectivity index (χ4n) is 3.67. The van der Waals surface area contributed by atoms with Crippen LogP contribution in [-0.2, 0) is 14.3 Å². The molecule has 0 aromatic carbocycles. The third kappa shape index (κ3) is 4.41. The van der Waals surface area contributed by atoms with Crippen LogP contribution >= 0.6 is 0 Å². The minimum atomic E-state index is -0.173. The summed E-state index contributed by atoms with van der Waals surface area (Å²) in [6.07, 6.45) is 5.25. The monoisotopic (exact) mass is 297 g/mol. The number of nitrogens with two attached hydrogens (primary N) is 1. The Hall–Kier alpha value is -1.14. The quantitative estimate of drug-likeness (QED) is 0.602. The molecule has 2 aliphatic carbocycles. The zero-order valence-electron chi connectivity index (χ0n) is 12.8. The number of rotatable bonds is 6. The van der Waals surface area contributed by atoms with Gasteiger partial charge in [0, 0.05) is 25.6 Å². The lowest BCUT2D eigenvalue weighted by molar-refractivity contribution is -0.130. The summed E-state index contributed by atoms with van der Waals surface area (Å²) in [5.41, 5.74) is 6.23. The van der Waals surface area contributed by atoms with Gasteiger partial charge in [-0.15, -0.1) is 0 Å². The van der Waals surface area contributed by atoms with E-state index in [0.717, 1.165) is 25.7 Å². The van der Waals surface area contributed by atoms with Crippen molar-refractivity contribution in [3.05, 3.63) is 0 Å². The molecule has 21 heavy (non-hydrogen) atoms. The largest absolute Gasteiger partial charge is 0.383 e. The van der Waals surface area contributed by atoms with Crippen molar-refractivity contribution < 1.29 is 14.3 Å². The predicted octanol–water partition coefficient (Wildman–Crippen LogP) is 0.0188. The van der Waals surface area contributed by atoms with Crippen LogP contribution in [0.4, 0.5) is 0 Å². The molecule has 120 valence electrons. The molecule has 6 nitrogen and oxygen atoms in total. The predicted molar refractivity (Wildman–Crippen MR) is 79.4 cm³/mol. The molecule has 0 saturated heterocycles. The second-order valence-corrected chi connectivity index (χ2v) is 6.26. The second kappa shape index (κ2) is 7.75. The number of carbonyl (C=O) groups is 2. The van der Waals surface area contributed by atoms with Crippen molar-refractivity contribution in [2.24, 2.45) is 23.5 Å². The van der Waals surface area contributed by atoms with Gasteiger partial charge in [-0.3, -0.25) is 9.59 Å². The van der Waals surface area contributed by atoms with Gasteiger partial charge in [0.25, 0.3) is 0 Å². The van der Waals surface area contributed by atoms with Crippen LogP contribution in [0.5, 0.6) is 0 Å². The number of carbonyl (C=O) groups excluding carboxylic acids is 2. The highest BCUT2D eigenvalue weighted by molar-refractivity contribution is 5.85. The molecule has 0 radical (unpaired) electrons. The van der Waals surface area contributed by atoms with Crippen molar-refractivity contribution in [3.8, 4) is 0 Å². The topological polar surface area (TPSA) is 93.5 Å². The van der Waals surface area contributed by atoms with E-state index in [2.05, 4.69) is 10.6 Å². The smallest absolute Gasteiger partial charge is 0.239 e. The summed E-state index contributed by atoms with van der Waals surface area (Å²) in [6.45, 7) is 0.984. The molecule has 2 saturated carbocycles. The van der Waals surface area contributed by atoms with Gasteiger partial charge in [0.2, 0.25) is 11.8 Å². The lowest BCUT2D eigenvalue weighted by Gasteiger charge is -2.43. The summed E-state index contributed by atoms with van der Waals surface area (Å²) in [5, 5.41) is 5.44. The van der Waals surface area contributed by atoms with Gasteiger partial charge in [0.15, 0.2) is 0 Å². The summed E-state index contributed by atoms with van der Waals surface area (Å²) in [7, 11) is 1.58. The summed E-state index contributed by atoms with van der Waals surface area (Å²) in [5.74, 6) is 0.799. The van der Waals surface area contributed by atoms with Crippen LogP contribution in [0.1, 0.15) is 32.1 Å². The summed E-state index contributed by atoms with van der Waals surface area (Å²) < 4.78 is 4.85. The minimum absolute atomic E-state index is 0.000640. The number of amides is 2. The Morgan fingerprint density at radius 2 is 1.86 bits per heavy atom. The molecule has 0 spiro atoms. The Labute approximate surface area is 126 Å². The maximum atomic E-state index is 12.2. The van der Waals surface area contributed by atoms with E-state index in [1.807, 2.05) is 0 Å². The van der Waals surface area contributed by atoms with Crippen molar-refractivity contribution in [2.45, 2.75) is 38.1 Å². The number of ether oxygens (including phenoxy) is 1. The fraction of sp³-hybridized carbons (Fsp3) is 0.867. The van der Waals surface area contributed by atoms with E-state index in [4.69, 9.17) is 10.5 Å². The molecule has 2 atom stereocenters. The van der Waals surface area contributed by atoms with Gasteiger partial charge in [-0.2, -0.15) is 0 Å². The first kappa shape index (κ1) is 16.2. The number of methoxy groups -OCH3 is 1. The van der Waals surface area contributed by atoms with Crippen LogP contribution in [0.25, 0.3) is 0 Å². The highest BCUT2D eigenvalue weighted by Crippen LogP contribution is 2.41. The molecular formula is C15H27N3O3. The zero-order chi connectivity index (χ0) is 15.2. The van der Waals surface area contributed by atoms with E-state index in [1.165, 1.54) is 6.42 Å². The highest BCUT2D eigenvalue weighted by Gasteiger charge is 2.40. The molecule has 2 fully saturated rings. The molecule has 6 heteroatoms. The molecule has 2 aliphatic rings. The summed E-state index contributed by atoms with van der Waals surface area (Å²) in [6, 6.07) is 0.264. The van der Waals surface area contributed by atoms with Gasteiger partial charge in [-0.1, -0.05) is 6.42 Å². The average Bonchev–Trinajstić information content (AvgIpc) is 2.44. The van der Waals surface area contributed by atoms with E-state index in [1.54, 1.807) is 7.11 Å². The molecule has 2 amide bonds. The van der Waals surface area contributed by atoms with Crippen molar-refractivity contribution in [1.82, 2.24) is 10.6 Å². The standard InChI is InChI=1S/C15H27N3O3/c1-21-6-5-17-13(19)9-18-15(20)12-7-10-3-2-4-11(8-12)14(10)16/h10-12,14H,2-9,16H2,1H3,(H,17,19)(H,18,20). The fourth-order valence-corrected chi connectivity index (χ4v) is 3.67. The molecule has 0 heterocycles. The van der Waals surface area contributed by atoms with Crippen LogP contribution in [0.3, 0.4) is 0 Å². The van der Waals surface area contributed by atoms with E-state index in [0.29, 0.717) is 25.0 Å². The van der Waals surface area contributed by atoms with E-state index < -0.39 is 0 Å². The number of fused-ring (bicyclic) bond motifs is 2. The lowest BCUT2D eigenvalue weighted by atomic mass is 9.65. The van der Waals surface area contributed by atoms with Crippen LogP contribution in [0.2, 0.25) is 0 Å².